The van der Waals surface area contributed by atoms with Crippen LogP contribution < -0.4 is 14.8 Å². The maximum Gasteiger partial charge on any atom is 0.248 e. The maximum absolute atomic E-state index is 13.9. The highest BCUT2D eigenvalue weighted by molar-refractivity contribution is 6.31. The smallest absolute Gasteiger partial charge is 0.248 e. The van der Waals surface area contributed by atoms with Crippen molar-refractivity contribution in [1.82, 2.24) is 9.80 Å². The average Bonchev–Trinajstić information content (AvgIpc) is 3.42. The molecule has 8 nitrogen and oxygen atoms in total. The van der Waals surface area contributed by atoms with Gasteiger partial charge in [-0.25, -0.2) is 0 Å². The van der Waals surface area contributed by atoms with Gasteiger partial charge in [0, 0.05) is 11.2 Å². The van der Waals surface area contributed by atoms with Gasteiger partial charge in [-0.15, -0.1) is 0 Å². The third-order valence-electron chi connectivity index (χ3n) is 7.74. The summed E-state index contributed by atoms with van der Waals surface area (Å²) in [6.07, 6.45) is 3.73. The number of carbonyl (C=O) groups is 3. The summed E-state index contributed by atoms with van der Waals surface area (Å²) in [5.74, 6) is -1.50. The fourth-order valence-electron chi connectivity index (χ4n) is 5.97. The van der Waals surface area contributed by atoms with E-state index in [1.54, 1.807) is 37.4 Å². The molecule has 2 saturated heterocycles. The van der Waals surface area contributed by atoms with Crippen LogP contribution in [0.25, 0.3) is 6.08 Å². The number of amides is 3. The van der Waals surface area contributed by atoms with Crippen LogP contribution in [0.5, 0.6) is 11.5 Å². The molecule has 3 aliphatic heterocycles. The Morgan fingerprint density at radius 1 is 0.949 bits per heavy atom. The SMILES string of the molecule is COc1ccc(CN2C(=O)[C@@H]3[C@H](C2=O)[C@H]2c4ccccc4C=CN2[C@@H]3C(=O)Nc2cc(Cl)ccc2OC)cc1. The van der Waals surface area contributed by atoms with Crippen LogP contribution in [0.3, 0.4) is 0 Å². The van der Waals surface area contributed by atoms with Crippen molar-refractivity contribution >= 4 is 41.1 Å². The number of fused-ring (bicyclic) bond motifs is 5. The van der Waals surface area contributed by atoms with Crippen molar-refractivity contribution in [2.75, 3.05) is 19.5 Å². The van der Waals surface area contributed by atoms with Crippen LogP contribution in [0.4, 0.5) is 5.69 Å². The summed E-state index contributed by atoms with van der Waals surface area (Å²) in [6, 6.07) is 18.6. The number of carbonyl (C=O) groups excluding carboxylic acids is 3. The number of likely N-dealkylation sites (tertiary alicyclic amines) is 1. The highest BCUT2D eigenvalue weighted by Gasteiger charge is 2.64. The van der Waals surface area contributed by atoms with E-state index in [4.69, 9.17) is 21.1 Å². The molecule has 3 aliphatic rings. The minimum Gasteiger partial charge on any atom is -0.497 e. The van der Waals surface area contributed by atoms with Crippen LogP contribution in [0.2, 0.25) is 5.02 Å². The summed E-state index contributed by atoms with van der Waals surface area (Å²) in [4.78, 5) is 44.9. The summed E-state index contributed by atoms with van der Waals surface area (Å²) < 4.78 is 10.6. The van der Waals surface area contributed by atoms with Crippen LogP contribution in [0, 0.1) is 11.8 Å². The van der Waals surface area contributed by atoms with Gasteiger partial charge in [0.25, 0.3) is 0 Å². The molecule has 3 amide bonds. The monoisotopic (exact) mass is 543 g/mol. The summed E-state index contributed by atoms with van der Waals surface area (Å²) in [5.41, 5.74) is 3.06. The lowest BCUT2D eigenvalue weighted by atomic mass is 9.84. The topological polar surface area (TPSA) is 88.2 Å². The van der Waals surface area contributed by atoms with Gasteiger partial charge < -0.3 is 19.7 Å². The van der Waals surface area contributed by atoms with Gasteiger partial charge in [-0.3, -0.25) is 19.3 Å². The van der Waals surface area contributed by atoms with E-state index >= 15 is 0 Å². The Hall–Kier alpha value is -4.30. The number of anilines is 1. The lowest BCUT2D eigenvalue weighted by molar-refractivity contribution is -0.143. The van der Waals surface area contributed by atoms with E-state index < -0.39 is 29.8 Å². The van der Waals surface area contributed by atoms with Crippen molar-refractivity contribution in [1.29, 1.82) is 0 Å². The third kappa shape index (κ3) is 4.12. The van der Waals surface area contributed by atoms with E-state index in [9.17, 15) is 14.4 Å². The van der Waals surface area contributed by atoms with Gasteiger partial charge in [-0.1, -0.05) is 48.0 Å². The lowest BCUT2D eigenvalue weighted by Gasteiger charge is -2.35. The van der Waals surface area contributed by atoms with Crippen LogP contribution in [-0.2, 0) is 20.9 Å². The molecule has 9 heteroatoms. The summed E-state index contributed by atoms with van der Waals surface area (Å²) in [6.45, 7) is 0.120. The standard InChI is InChI=1S/C30H26ClN3O5/c1-38-20-10-7-17(8-11-20)16-34-29(36)24-25(30(34)37)27(28(35)32-22-15-19(31)9-12-23(22)39-2)33-14-13-18-5-3-4-6-21(18)26(24)33/h3-15,24-27H,16H2,1-2H3,(H,32,35)/t24-,25+,26+,27-/m0/s1. The molecule has 0 aliphatic carbocycles. The van der Waals surface area contributed by atoms with E-state index in [1.807, 2.05) is 53.6 Å². The first-order valence-electron chi connectivity index (χ1n) is 12.6. The molecule has 198 valence electrons. The molecule has 0 unspecified atom stereocenters. The average molecular weight is 544 g/mol. The Morgan fingerprint density at radius 2 is 1.69 bits per heavy atom. The lowest BCUT2D eigenvalue weighted by Crippen LogP contribution is -2.46. The molecule has 0 saturated carbocycles. The van der Waals surface area contributed by atoms with Crippen molar-refractivity contribution < 1.29 is 23.9 Å². The normalized spacial score (nSPS) is 22.8. The predicted molar refractivity (Wildman–Crippen MR) is 146 cm³/mol. The number of benzene rings is 3. The van der Waals surface area contributed by atoms with Gasteiger partial charge in [-0.05, 0) is 53.1 Å². The molecule has 1 N–H and O–H groups in total. The van der Waals surface area contributed by atoms with Crippen molar-refractivity contribution in [2.45, 2.75) is 18.6 Å². The Bertz CT molecular complexity index is 1500. The summed E-state index contributed by atoms with van der Waals surface area (Å²) in [7, 11) is 3.08. The second-order valence-corrected chi connectivity index (χ2v) is 10.2. The summed E-state index contributed by atoms with van der Waals surface area (Å²) >= 11 is 6.19. The molecule has 3 aromatic rings. The second-order valence-electron chi connectivity index (χ2n) is 9.78. The number of nitrogens with one attached hydrogen (secondary N) is 1. The third-order valence-corrected chi connectivity index (χ3v) is 7.98. The zero-order valence-electron chi connectivity index (χ0n) is 21.3. The first-order chi connectivity index (χ1) is 18.9. The van der Waals surface area contributed by atoms with Crippen molar-refractivity contribution in [3.63, 3.8) is 0 Å². The maximum atomic E-state index is 13.9. The van der Waals surface area contributed by atoms with Crippen molar-refractivity contribution in [3.05, 3.63) is 94.6 Å². The molecule has 4 atom stereocenters. The minimum atomic E-state index is -0.911. The van der Waals surface area contributed by atoms with Gasteiger partial charge in [0.05, 0.1) is 44.3 Å². The Labute approximate surface area is 230 Å². The predicted octanol–water partition coefficient (Wildman–Crippen LogP) is 4.51. The molecule has 0 spiro atoms. The number of methoxy groups -OCH3 is 2. The first kappa shape index (κ1) is 25.0. The Balaban J connectivity index is 1.38. The fourth-order valence-corrected chi connectivity index (χ4v) is 6.14. The number of nitrogens with zero attached hydrogens (tertiary/aromatic N) is 2. The molecule has 0 radical (unpaired) electrons. The molecule has 6 rings (SSSR count). The molecule has 0 bridgehead atoms. The van der Waals surface area contributed by atoms with Gasteiger partial charge in [0.1, 0.15) is 17.5 Å². The second kappa shape index (κ2) is 9.78. The fraction of sp³-hybridized carbons (Fsp3) is 0.233. The quantitative estimate of drug-likeness (QED) is 0.460. The number of rotatable bonds is 6. The Morgan fingerprint density at radius 3 is 2.44 bits per heavy atom. The van der Waals surface area contributed by atoms with Crippen LogP contribution in [0.15, 0.2) is 72.9 Å². The molecule has 2 fully saturated rings. The first-order valence-corrected chi connectivity index (χ1v) is 13.0. The van der Waals surface area contributed by atoms with Gasteiger partial charge in [-0.2, -0.15) is 0 Å². The number of halogens is 1. The molecule has 39 heavy (non-hydrogen) atoms. The van der Waals surface area contributed by atoms with E-state index in [1.165, 1.54) is 12.0 Å². The number of ether oxygens (including phenoxy) is 2. The van der Waals surface area contributed by atoms with E-state index in [0.29, 0.717) is 22.2 Å². The Kier molecular flexibility index (Phi) is 6.27. The highest BCUT2D eigenvalue weighted by atomic mass is 35.5. The molecule has 0 aromatic heterocycles. The van der Waals surface area contributed by atoms with Gasteiger partial charge >= 0.3 is 0 Å². The number of hydrogen-bond donors (Lipinski definition) is 1. The van der Waals surface area contributed by atoms with E-state index in [2.05, 4.69) is 5.32 Å². The van der Waals surface area contributed by atoms with Crippen molar-refractivity contribution in [3.8, 4) is 11.5 Å². The molecule has 3 heterocycles. The van der Waals surface area contributed by atoms with Crippen LogP contribution >= 0.6 is 11.6 Å². The summed E-state index contributed by atoms with van der Waals surface area (Å²) in [5, 5.41) is 3.34. The molecular formula is C30H26ClN3O5. The van der Waals surface area contributed by atoms with Crippen LogP contribution in [0.1, 0.15) is 22.7 Å². The van der Waals surface area contributed by atoms with Gasteiger partial charge in [0.15, 0.2) is 0 Å². The largest absolute Gasteiger partial charge is 0.497 e. The molecule has 3 aromatic carbocycles. The van der Waals surface area contributed by atoms with E-state index in [-0.39, 0.29) is 18.4 Å². The number of imide groups is 1. The van der Waals surface area contributed by atoms with E-state index in [0.717, 1.165) is 16.7 Å². The molecular weight excluding hydrogens is 518 g/mol. The zero-order valence-corrected chi connectivity index (χ0v) is 22.1. The number of hydrogen-bond acceptors (Lipinski definition) is 6. The van der Waals surface area contributed by atoms with Crippen LogP contribution in [-0.4, -0.2) is 47.8 Å². The van der Waals surface area contributed by atoms with Crippen molar-refractivity contribution in [2.24, 2.45) is 11.8 Å². The highest BCUT2D eigenvalue weighted by Crippen LogP contribution is 2.53. The zero-order chi connectivity index (χ0) is 27.3. The van der Waals surface area contributed by atoms with Gasteiger partial charge in [0.2, 0.25) is 17.7 Å². The minimum absolute atomic E-state index is 0.120.